The minimum Gasteiger partial charge on any atom is -0.369 e. The number of primary amides is 2. The fourth-order valence-electron chi connectivity index (χ4n) is 3.38. The van der Waals surface area contributed by atoms with Gasteiger partial charge in [-0.25, -0.2) is 8.78 Å². The van der Waals surface area contributed by atoms with Gasteiger partial charge in [0.2, 0.25) is 11.8 Å². The number of halogens is 2. The van der Waals surface area contributed by atoms with Crippen molar-refractivity contribution in [2.75, 3.05) is 0 Å². The second-order valence-corrected chi connectivity index (χ2v) is 6.99. The maximum absolute atomic E-state index is 14.1. The summed E-state index contributed by atoms with van der Waals surface area (Å²) in [6, 6.07) is 8.69. The summed E-state index contributed by atoms with van der Waals surface area (Å²) in [6.07, 6.45) is 5.08. The molecule has 0 saturated heterocycles. The third-order valence-electron chi connectivity index (χ3n) is 5.15. The quantitative estimate of drug-likeness (QED) is 0.830. The first-order valence-corrected chi connectivity index (χ1v) is 8.76. The minimum absolute atomic E-state index is 0.172. The van der Waals surface area contributed by atoms with E-state index in [0.29, 0.717) is 5.56 Å². The number of amides is 2. The van der Waals surface area contributed by atoms with Crippen molar-refractivity contribution in [3.8, 4) is 0 Å². The van der Waals surface area contributed by atoms with Gasteiger partial charge in [0.25, 0.3) is 0 Å². The Balaban J connectivity index is 1.96. The third kappa shape index (κ3) is 3.58. The zero-order valence-corrected chi connectivity index (χ0v) is 15.3. The van der Waals surface area contributed by atoms with E-state index in [2.05, 4.69) is 0 Å². The first-order valence-electron chi connectivity index (χ1n) is 8.76. The number of aryl methyl sites for hydroxylation is 1. The van der Waals surface area contributed by atoms with Gasteiger partial charge in [-0.3, -0.25) is 9.59 Å². The molecule has 2 aromatic carbocycles. The first-order chi connectivity index (χ1) is 13.2. The molecule has 0 fully saturated rings. The van der Waals surface area contributed by atoms with Gasteiger partial charge < -0.3 is 11.5 Å². The Kier molecular flexibility index (Phi) is 5.14. The highest BCUT2D eigenvalue weighted by Gasteiger charge is 2.36. The molecule has 0 radical (unpaired) electrons. The van der Waals surface area contributed by atoms with Crippen molar-refractivity contribution in [3.05, 3.63) is 88.5 Å². The number of allylic oxidation sites excluding steroid dienone is 3. The smallest absolute Gasteiger partial charge is 0.248 e. The molecule has 0 bridgehead atoms. The highest BCUT2D eigenvalue weighted by molar-refractivity contribution is 5.95. The van der Waals surface area contributed by atoms with Crippen LogP contribution >= 0.6 is 0 Å². The van der Waals surface area contributed by atoms with Crippen LogP contribution in [0.3, 0.4) is 0 Å². The fourth-order valence-corrected chi connectivity index (χ4v) is 3.38. The normalized spacial score (nSPS) is 18.6. The van der Waals surface area contributed by atoms with Crippen LogP contribution in [0.5, 0.6) is 0 Å². The highest BCUT2D eigenvalue weighted by Crippen LogP contribution is 2.38. The molecule has 28 heavy (non-hydrogen) atoms. The Morgan fingerprint density at radius 1 is 1.11 bits per heavy atom. The van der Waals surface area contributed by atoms with Crippen molar-refractivity contribution >= 4 is 17.4 Å². The molecular weight excluding hydrogens is 362 g/mol. The Morgan fingerprint density at radius 2 is 1.79 bits per heavy atom. The zero-order valence-electron chi connectivity index (χ0n) is 15.3. The van der Waals surface area contributed by atoms with Gasteiger partial charge in [-0.1, -0.05) is 30.4 Å². The largest absolute Gasteiger partial charge is 0.369 e. The van der Waals surface area contributed by atoms with E-state index in [-0.39, 0.29) is 18.4 Å². The predicted molar refractivity (Wildman–Crippen MR) is 103 cm³/mol. The van der Waals surface area contributed by atoms with Crippen LogP contribution in [-0.2, 0) is 11.2 Å². The number of hydrogen-bond acceptors (Lipinski definition) is 2. The minimum atomic E-state index is -1.23. The van der Waals surface area contributed by atoms with Gasteiger partial charge in [-0.15, -0.1) is 0 Å². The number of nitrogens with two attached hydrogens (primary N) is 2. The van der Waals surface area contributed by atoms with E-state index in [9.17, 15) is 18.4 Å². The number of benzene rings is 2. The Bertz CT molecular complexity index is 1010. The van der Waals surface area contributed by atoms with Crippen molar-refractivity contribution in [1.29, 1.82) is 0 Å². The lowest BCUT2D eigenvalue weighted by Gasteiger charge is -2.30. The molecule has 0 aliphatic heterocycles. The topological polar surface area (TPSA) is 86.2 Å². The summed E-state index contributed by atoms with van der Waals surface area (Å²) in [6.45, 7) is 1.89. The molecule has 2 aromatic rings. The first kappa shape index (κ1) is 19.5. The summed E-state index contributed by atoms with van der Waals surface area (Å²) in [5.41, 5.74) is 12.4. The molecule has 6 heteroatoms. The molecule has 0 heterocycles. The van der Waals surface area contributed by atoms with Crippen LogP contribution in [0.4, 0.5) is 8.78 Å². The van der Waals surface area contributed by atoms with Crippen molar-refractivity contribution in [1.82, 2.24) is 0 Å². The van der Waals surface area contributed by atoms with E-state index in [0.717, 1.165) is 28.8 Å². The molecule has 0 saturated carbocycles. The monoisotopic (exact) mass is 382 g/mol. The van der Waals surface area contributed by atoms with Crippen molar-refractivity contribution in [3.63, 3.8) is 0 Å². The SMILES string of the molecule is Cc1ccc(C(N)=O)cc1C1=CCC(Cc2c(F)cccc2F)(C(N)=O)C=C1. The van der Waals surface area contributed by atoms with E-state index < -0.39 is 28.9 Å². The molecule has 1 unspecified atom stereocenters. The van der Waals surface area contributed by atoms with E-state index in [4.69, 9.17) is 11.5 Å². The van der Waals surface area contributed by atoms with E-state index >= 15 is 0 Å². The average Bonchev–Trinajstić information content (AvgIpc) is 2.65. The van der Waals surface area contributed by atoms with Gasteiger partial charge in [0.05, 0.1) is 5.41 Å². The molecule has 1 atom stereocenters. The lowest BCUT2D eigenvalue weighted by atomic mass is 9.73. The van der Waals surface area contributed by atoms with Crippen molar-refractivity contribution in [2.24, 2.45) is 16.9 Å². The van der Waals surface area contributed by atoms with Crippen LogP contribution in [0.1, 0.15) is 33.5 Å². The maximum Gasteiger partial charge on any atom is 0.248 e. The molecule has 4 N–H and O–H groups in total. The lowest BCUT2D eigenvalue weighted by molar-refractivity contribution is -0.125. The summed E-state index contributed by atoms with van der Waals surface area (Å²) in [4.78, 5) is 23.7. The number of hydrogen-bond donors (Lipinski definition) is 2. The fraction of sp³-hybridized carbons (Fsp3) is 0.182. The van der Waals surface area contributed by atoms with Crippen LogP contribution in [0, 0.1) is 24.0 Å². The van der Waals surface area contributed by atoms with Gasteiger partial charge >= 0.3 is 0 Å². The number of carbonyl (C=O) groups is 2. The Hall–Kier alpha value is -3.28. The predicted octanol–water partition coefficient (Wildman–Crippen LogP) is 3.43. The second kappa shape index (κ2) is 7.38. The average molecular weight is 382 g/mol. The summed E-state index contributed by atoms with van der Waals surface area (Å²) in [7, 11) is 0. The van der Waals surface area contributed by atoms with Crippen LogP contribution in [0.2, 0.25) is 0 Å². The summed E-state index contributed by atoms with van der Waals surface area (Å²) >= 11 is 0. The number of rotatable bonds is 5. The molecule has 144 valence electrons. The molecular formula is C22H20F2N2O2. The second-order valence-electron chi connectivity index (χ2n) is 6.99. The van der Waals surface area contributed by atoms with E-state index in [1.165, 1.54) is 6.07 Å². The van der Waals surface area contributed by atoms with Crippen molar-refractivity contribution < 1.29 is 18.4 Å². The number of carbonyl (C=O) groups excluding carboxylic acids is 2. The standard InChI is InChI=1S/C22H20F2N2O2/c1-13-5-6-15(20(25)27)11-16(13)14-7-9-22(10-8-14,21(26)28)12-17-18(23)3-2-4-19(17)24/h2-9,11H,10,12H2,1H3,(H2,25,27)(H2,26,28). The van der Waals surface area contributed by atoms with Gasteiger partial charge in [-0.05, 0) is 60.7 Å². The maximum atomic E-state index is 14.1. The van der Waals surface area contributed by atoms with E-state index in [1.54, 1.807) is 36.4 Å². The van der Waals surface area contributed by atoms with Gasteiger partial charge in [0, 0.05) is 11.1 Å². The lowest BCUT2D eigenvalue weighted by Crippen LogP contribution is -2.38. The summed E-state index contributed by atoms with van der Waals surface area (Å²) < 4.78 is 28.2. The molecule has 2 amide bonds. The van der Waals surface area contributed by atoms with Gasteiger partial charge in [-0.2, -0.15) is 0 Å². The molecule has 1 aliphatic carbocycles. The third-order valence-corrected chi connectivity index (χ3v) is 5.15. The Labute approximate surface area is 161 Å². The summed E-state index contributed by atoms with van der Waals surface area (Å²) in [5, 5.41) is 0. The van der Waals surface area contributed by atoms with Gasteiger partial charge in [0.15, 0.2) is 0 Å². The van der Waals surface area contributed by atoms with Crippen LogP contribution < -0.4 is 11.5 Å². The molecule has 3 rings (SSSR count). The highest BCUT2D eigenvalue weighted by atomic mass is 19.1. The molecule has 0 aromatic heterocycles. The molecule has 4 nitrogen and oxygen atoms in total. The molecule has 0 spiro atoms. The molecule has 1 aliphatic rings. The van der Waals surface area contributed by atoms with Gasteiger partial charge in [0.1, 0.15) is 11.6 Å². The van der Waals surface area contributed by atoms with Crippen LogP contribution in [-0.4, -0.2) is 11.8 Å². The van der Waals surface area contributed by atoms with Crippen LogP contribution in [0.25, 0.3) is 5.57 Å². The zero-order chi connectivity index (χ0) is 20.5. The van der Waals surface area contributed by atoms with Crippen molar-refractivity contribution in [2.45, 2.75) is 19.8 Å². The Morgan fingerprint density at radius 3 is 2.32 bits per heavy atom. The summed E-state index contributed by atoms with van der Waals surface area (Å²) in [5.74, 6) is -2.63. The van der Waals surface area contributed by atoms with Crippen LogP contribution in [0.15, 0.2) is 54.6 Å². The van der Waals surface area contributed by atoms with E-state index in [1.807, 2.05) is 6.92 Å².